The molecule has 0 spiro atoms. The number of unbranched alkanes of at least 4 members (excludes halogenated alkanes) is 1. The zero-order chi connectivity index (χ0) is 13.2. The van der Waals surface area contributed by atoms with Crippen molar-refractivity contribution in [1.29, 1.82) is 0 Å². The average Bonchev–Trinajstić information content (AvgIpc) is 2.42. The Kier molecular flexibility index (Phi) is 8.10. The minimum atomic E-state index is 0.807. The van der Waals surface area contributed by atoms with Crippen LogP contribution in [0.4, 0.5) is 0 Å². The summed E-state index contributed by atoms with van der Waals surface area (Å²) in [5.74, 6) is 0.980. The number of nitrogens with zero attached hydrogens (tertiary/aromatic N) is 1. The number of hydrogen-bond donors (Lipinski definition) is 0. The molecule has 0 bridgehead atoms. The maximum absolute atomic E-state index is 5.69. The highest BCUT2D eigenvalue weighted by molar-refractivity contribution is 9.09. The highest BCUT2D eigenvalue weighted by Crippen LogP contribution is 2.14. The number of hydrogen-bond acceptors (Lipinski definition) is 2. The normalized spacial score (nSPS) is 10.9. The molecule has 3 heteroatoms. The lowest BCUT2D eigenvalue weighted by atomic mass is 10.2. The lowest BCUT2D eigenvalue weighted by molar-refractivity contribution is 0.294. The van der Waals surface area contributed by atoms with Crippen molar-refractivity contribution in [3.05, 3.63) is 29.8 Å². The average molecular weight is 314 g/mol. The van der Waals surface area contributed by atoms with Crippen LogP contribution in [0, 0.1) is 0 Å². The van der Waals surface area contributed by atoms with Crippen molar-refractivity contribution in [2.45, 2.75) is 33.2 Å². The Morgan fingerprint density at radius 3 is 2.28 bits per heavy atom. The smallest absolute Gasteiger partial charge is 0.119 e. The molecular weight excluding hydrogens is 290 g/mol. The molecule has 0 atom stereocenters. The van der Waals surface area contributed by atoms with Gasteiger partial charge in [-0.2, -0.15) is 0 Å². The molecule has 1 aromatic carbocycles. The highest BCUT2D eigenvalue weighted by atomic mass is 79.9. The minimum Gasteiger partial charge on any atom is -0.494 e. The molecule has 0 aliphatic heterocycles. The Bertz CT molecular complexity index is 309. The number of rotatable bonds is 9. The fourth-order valence-corrected chi connectivity index (χ4v) is 2.18. The quantitative estimate of drug-likeness (QED) is 0.503. The first kappa shape index (κ1) is 15.5. The zero-order valence-corrected chi connectivity index (χ0v) is 13.1. The predicted molar refractivity (Wildman–Crippen MR) is 81.6 cm³/mol. The van der Waals surface area contributed by atoms with Gasteiger partial charge in [0.25, 0.3) is 0 Å². The Morgan fingerprint density at radius 2 is 1.72 bits per heavy atom. The van der Waals surface area contributed by atoms with Crippen LogP contribution in [0.3, 0.4) is 0 Å². The number of ether oxygens (including phenoxy) is 1. The second kappa shape index (κ2) is 9.40. The largest absolute Gasteiger partial charge is 0.494 e. The van der Waals surface area contributed by atoms with E-state index in [1.54, 1.807) is 0 Å². The van der Waals surface area contributed by atoms with Gasteiger partial charge < -0.3 is 4.74 Å². The fourth-order valence-electron chi connectivity index (χ4n) is 1.78. The summed E-state index contributed by atoms with van der Waals surface area (Å²) in [6, 6.07) is 8.48. The molecule has 2 nitrogen and oxygen atoms in total. The molecule has 0 aliphatic rings. The maximum Gasteiger partial charge on any atom is 0.119 e. The first-order valence-corrected chi connectivity index (χ1v) is 7.92. The van der Waals surface area contributed by atoms with Gasteiger partial charge in [0.2, 0.25) is 0 Å². The molecule has 0 heterocycles. The van der Waals surface area contributed by atoms with Gasteiger partial charge in [-0.15, -0.1) is 0 Å². The molecule has 0 saturated heterocycles. The molecule has 1 aromatic rings. The van der Waals surface area contributed by atoms with Crippen LogP contribution in [0.15, 0.2) is 24.3 Å². The summed E-state index contributed by atoms with van der Waals surface area (Å²) in [6.45, 7) is 8.43. The van der Waals surface area contributed by atoms with E-state index in [1.165, 1.54) is 12.0 Å². The second-order valence-electron chi connectivity index (χ2n) is 4.35. The van der Waals surface area contributed by atoms with Crippen molar-refractivity contribution in [1.82, 2.24) is 4.90 Å². The van der Waals surface area contributed by atoms with Crippen LogP contribution in [0.1, 0.15) is 32.3 Å². The molecule has 0 amide bonds. The van der Waals surface area contributed by atoms with Crippen molar-refractivity contribution >= 4 is 15.9 Å². The van der Waals surface area contributed by atoms with Gasteiger partial charge in [-0.3, -0.25) is 4.90 Å². The number of halogens is 1. The van der Waals surface area contributed by atoms with E-state index in [0.29, 0.717) is 0 Å². The van der Waals surface area contributed by atoms with E-state index in [0.717, 1.165) is 43.7 Å². The van der Waals surface area contributed by atoms with Gasteiger partial charge in [-0.05, 0) is 43.6 Å². The summed E-state index contributed by atoms with van der Waals surface area (Å²) in [5.41, 5.74) is 1.35. The Labute approximate surface area is 119 Å². The van der Waals surface area contributed by atoms with Gasteiger partial charge in [-0.25, -0.2) is 0 Å². The highest BCUT2D eigenvalue weighted by Gasteiger charge is 2.01. The van der Waals surface area contributed by atoms with Gasteiger partial charge >= 0.3 is 0 Å². The first-order valence-electron chi connectivity index (χ1n) is 6.80. The summed E-state index contributed by atoms with van der Waals surface area (Å²) >= 11 is 3.42. The molecular formula is C15H24BrNO. The van der Waals surface area contributed by atoms with Gasteiger partial charge in [-0.1, -0.05) is 41.9 Å². The zero-order valence-electron chi connectivity index (χ0n) is 11.5. The van der Waals surface area contributed by atoms with Gasteiger partial charge in [0.15, 0.2) is 0 Å². The maximum atomic E-state index is 5.69. The monoisotopic (exact) mass is 313 g/mol. The van der Waals surface area contributed by atoms with Crippen LogP contribution in [-0.2, 0) is 6.54 Å². The van der Waals surface area contributed by atoms with E-state index < -0.39 is 0 Å². The van der Waals surface area contributed by atoms with Crippen molar-refractivity contribution < 1.29 is 4.74 Å². The van der Waals surface area contributed by atoms with Crippen molar-refractivity contribution in [2.75, 3.05) is 25.0 Å². The Balaban J connectivity index is 2.37. The Morgan fingerprint density at radius 1 is 1.06 bits per heavy atom. The standard InChI is InChI=1S/C15H24BrNO/c1-3-17(4-2)13-14-7-9-15(10-8-14)18-12-6-5-11-16/h7-10H,3-6,11-13H2,1-2H3. The lowest BCUT2D eigenvalue weighted by Gasteiger charge is -2.18. The minimum absolute atomic E-state index is 0.807. The summed E-state index contributed by atoms with van der Waals surface area (Å²) in [6.07, 6.45) is 2.27. The van der Waals surface area contributed by atoms with E-state index in [2.05, 4.69) is 58.9 Å². The number of alkyl halides is 1. The van der Waals surface area contributed by atoms with Crippen molar-refractivity contribution in [3.8, 4) is 5.75 Å². The third kappa shape index (κ3) is 5.87. The van der Waals surface area contributed by atoms with E-state index in [1.807, 2.05) is 0 Å². The molecule has 0 unspecified atom stereocenters. The summed E-state index contributed by atoms with van der Waals surface area (Å²) in [4.78, 5) is 2.41. The lowest BCUT2D eigenvalue weighted by Crippen LogP contribution is -2.21. The van der Waals surface area contributed by atoms with Crippen molar-refractivity contribution in [3.63, 3.8) is 0 Å². The summed E-state index contributed by atoms with van der Waals surface area (Å²) in [5, 5.41) is 1.05. The predicted octanol–water partition coefficient (Wildman–Crippen LogP) is 4.08. The van der Waals surface area contributed by atoms with Crippen LogP contribution < -0.4 is 4.74 Å². The summed E-state index contributed by atoms with van der Waals surface area (Å²) < 4.78 is 5.69. The molecule has 102 valence electrons. The van der Waals surface area contributed by atoms with E-state index in [-0.39, 0.29) is 0 Å². The fraction of sp³-hybridized carbons (Fsp3) is 0.600. The van der Waals surface area contributed by atoms with Crippen LogP contribution >= 0.6 is 15.9 Å². The van der Waals surface area contributed by atoms with Gasteiger partial charge in [0.05, 0.1) is 6.61 Å². The van der Waals surface area contributed by atoms with Crippen molar-refractivity contribution in [2.24, 2.45) is 0 Å². The van der Waals surface area contributed by atoms with E-state index >= 15 is 0 Å². The van der Waals surface area contributed by atoms with Gasteiger partial charge in [0, 0.05) is 11.9 Å². The first-order chi connectivity index (χ1) is 8.80. The topological polar surface area (TPSA) is 12.5 Å². The van der Waals surface area contributed by atoms with Crippen LogP contribution in [0.5, 0.6) is 5.75 Å². The third-order valence-corrected chi connectivity index (χ3v) is 3.58. The molecule has 0 N–H and O–H groups in total. The molecule has 0 saturated carbocycles. The van der Waals surface area contributed by atoms with E-state index in [9.17, 15) is 0 Å². The number of benzene rings is 1. The molecule has 0 aromatic heterocycles. The second-order valence-corrected chi connectivity index (χ2v) is 5.14. The molecule has 0 fully saturated rings. The Hall–Kier alpha value is -0.540. The van der Waals surface area contributed by atoms with Crippen LogP contribution in [0.2, 0.25) is 0 Å². The van der Waals surface area contributed by atoms with Crippen LogP contribution in [-0.4, -0.2) is 29.9 Å². The van der Waals surface area contributed by atoms with Gasteiger partial charge in [0.1, 0.15) is 5.75 Å². The summed E-state index contributed by atoms with van der Waals surface area (Å²) in [7, 11) is 0. The molecule has 0 aliphatic carbocycles. The van der Waals surface area contributed by atoms with Crippen LogP contribution in [0.25, 0.3) is 0 Å². The van der Waals surface area contributed by atoms with E-state index in [4.69, 9.17) is 4.74 Å². The SMILES string of the molecule is CCN(CC)Cc1ccc(OCCCCBr)cc1. The molecule has 1 rings (SSSR count). The third-order valence-electron chi connectivity index (χ3n) is 3.02. The molecule has 18 heavy (non-hydrogen) atoms. The molecule has 0 radical (unpaired) electrons.